The zero-order valence-corrected chi connectivity index (χ0v) is 10.4. The smallest absolute Gasteiger partial charge is 0.339 e. The molecule has 0 spiro atoms. The highest BCUT2D eigenvalue weighted by molar-refractivity contribution is 5.96. The quantitative estimate of drug-likeness (QED) is 0.913. The summed E-state index contributed by atoms with van der Waals surface area (Å²) >= 11 is 0. The first-order valence-electron chi connectivity index (χ1n) is 5.88. The van der Waals surface area contributed by atoms with Crippen molar-refractivity contribution in [1.29, 1.82) is 0 Å². The van der Waals surface area contributed by atoms with Crippen molar-refractivity contribution in [2.45, 2.75) is 6.92 Å². The minimum atomic E-state index is -1.28. The number of hydrogen-bond donors (Lipinski definition) is 1. The first-order valence-corrected chi connectivity index (χ1v) is 5.88. The maximum absolute atomic E-state index is 13.6. The predicted octanol–water partition coefficient (Wildman–Crippen LogP) is 3.59. The lowest BCUT2D eigenvalue weighted by molar-refractivity contribution is 0.0693. The average Bonchev–Trinajstić information content (AvgIpc) is 2.39. The van der Waals surface area contributed by atoms with Crippen molar-refractivity contribution in [3.8, 4) is 16.9 Å². The van der Waals surface area contributed by atoms with Gasteiger partial charge in [-0.05, 0) is 36.2 Å². The number of benzene rings is 2. The number of carboxylic acid groups (broad SMARTS) is 1. The summed E-state index contributed by atoms with van der Waals surface area (Å²) in [4.78, 5) is 11.1. The molecule has 0 aliphatic heterocycles. The van der Waals surface area contributed by atoms with Crippen LogP contribution in [-0.2, 0) is 0 Å². The summed E-state index contributed by atoms with van der Waals surface area (Å²) < 4.78 is 18.9. The van der Waals surface area contributed by atoms with Crippen LogP contribution in [0.3, 0.4) is 0 Å². The number of halogens is 1. The van der Waals surface area contributed by atoms with Gasteiger partial charge in [-0.25, -0.2) is 9.18 Å². The lowest BCUT2D eigenvalue weighted by atomic mass is 9.99. The summed E-state index contributed by atoms with van der Waals surface area (Å²) in [6.07, 6.45) is 0. The predicted molar refractivity (Wildman–Crippen MR) is 70.0 cm³/mol. The van der Waals surface area contributed by atoms with Gasteiger partial charge in [0.25, 0.3) is 0 Å². The Bertz CT molecular complexity index is 591. The van der Waals surface area contributed by atoms with E-state index in [9.17, 15) is 9.18 Å². The van der Waals surface area contributed by atoms with Gasteiger partial charge in [-0.3, -0.25) is 0 Å². The Morgan fingerprint density at radius 3 is 2.47 bits per heavy atom. The van der Waals surface area contributed by atoms with E-state index in [1.165, 1.54) is 6.07 Å². The van der Waals surface area contributed by atoms with Gasteiger partial charge in [0.1, 0.15) is 17.1 Å². The van der Waals surface area contributed by atoms with Crippen LogP contribution in [-0.4, -0.2) is 17.7 Å². The molecule has 0 aromatic heterocycles. The Balaban J connectivity index is 2.47. The molecule has 2 aromatic rings. The van der Waals surface area contributed by atoms with Crippen LogP contribution in [0.1, 0.15) is 17.3 Å². The Kier molecular flexibility index (Phi) is 3.80. The monoisotopic (exact) mass is 260 g/mol. The molecule has 19 heavy (non-hydrogen) atoms. The van der Waals surface area contributed by atoms with Gasteiger partial charge in [-0.1, -0.05) is 24.3 Å². The van der Waals surface area contributed by atoms with Gasteiger partial charge in [0, 0.05) is 0 Å². The minimum Gasteiger partial charge on any atom is -0.494 e. The summed E-state index contributed by atoms with van der Waals surface area (Å²) in [6.45, 7) is 2.43. The minimum absolute atomic E-state index is 0.313. The lowest BCUT2D eigenvalue weighted by Gasteiger charge is -2.08. The molecule has 1 N–H and O–H groups in total. The van der Waals surface area contributed by atoms with Crippen LogP contribution >= 0.6 is 0 Å². The third-order valence-electron chi connectivity index (χ3n) is 2.70. The molecule has 0 saturated heterocycles. The second-order valence-corrected chi connectivity index (χ2v) is 3.92. The van der Waals surface area contributed by atoms with E-state index in [1.54, 1.807) is 30.3 Å². The molecule has 2 aromatic carbocycles. The fraction of sp³-hybridized carbons (Fsp3) is 0.133. The molecule has 98 valence electrons. The summed E-state index contributed by atoms with van der Waals surface area (Å²) in [5.74, 6) is -1.32. The van der Waals surface area contributed by atoms with Crippen LogP contribution in [0.25, 0.3) is 11.1 Å². The summed E-state index contributed by atoms with van der Waals surface area (Å²) in [5.41, 5.74) is 0.683. The number of hydrogen-bond acceptors (Lipinski definition) is 2. The molecule has 0 radical (unpaired) electrons. The van der Waals surface area contributed by atoms with Crippen molar-refractivity contribution in [2.75, 3.05) is 6.61 Å². The third kappa shape index (κ3) is 2.73. The zero-order valence-electron chi connectivity index (χ0n) is 10.4. The van der Waals surface area contributed by atoms with E-state index < -0.39 is 11.8 Å². The van der Waals surface area contributed by atoms with Crippen LogP contribution < -0.4 is 4.74 Å². The molecular formula is C15H13FO3. The van der Waals surface area contributed by atoms with E-state index in [0.717, 1.165) is 6.07 Å². The second-order valence-electron chi connectivity index (χ2n) is 3.92. The van der Waals surface area contributed by atoms with Crippen LogP contribution in [0.5, 0.6) is 5.75 Å². The van der Waals surface area contributed by atoms with Crippen LogP contribution in [0.15, 0.2) is 42.5 Å². The maximum atomic E-state index is 13.6. The molecular weight excluding hydrogens is 247 g/mol. The SMILES string of the molecule is CCOc1ccc(-c2cccc(F)c2C(=O)O)cc1. The topological polar surface area (TPSA) is 46.5 Å². The van der Waals surface area contributed by atoms with E-state index in [2.05, 4.69) is 0 Å². The number of carbonyl (C=O) groups is 1. The zero-order chi connectivity index (χ0) is 13.8. The molecule has 0 bridgehead atoms. The highest BCUT2D eigenvalue weighted by Gasteiger charge is 2.16. The van der Waals surface area contributed by atoms with E-state index in [4.69, 9.17) is 9.84 Å². The van der Waals surface area contributed by atoms with E-state index in [-0.39, 0.29) is 5.56 Å². The van der Waals surface area contributed by atoms with Gasteiger partial charge in [0.05, 0.1) is 6.61 Å². The molecule has 0 amide bonds. The van der Waals surface area contributed by atoms with Gasteiger partial charge in [-0.2, -0.15) is 0 Å². The summed E-state index contributed by atoms with van der Waals surface area (Å²) in [7, 11) is 0. The molecule has 0 aliphatic rings. The van der Waals surface area contributed by atoms with Crippen molar-refractivity contribution < 1.29 is 19.0 Å². The Labute approximate surface area is 110 Å². The second kappa shape index (κ2) is 5.52. The highest BCUT2D eigenvalue weighted by Crippen LogP contribution is 2.27. The largest absolute Gasteiger partial charge is 0.494 e. The Morgan fingerprint density at radius 2 is 1.89 bits per heavy atom. The summed E-state index contributed by atoms with van der Waals surface area (Å²) in [5, 5.41) is 9.08. The Morgan fingerprint density at radius 1 is 1.21 bits per heavy atom. The highest BCUT2D eigenvalue weighted by atomic mass is 19.1. The molecule has 0 aliphatic carbocycles. The molecule has 0 fully saturated rings. The molecule has 0 atom stereocenters. The van der Waals surface area contributed by atoms with E-state index >= 15 is 0 Å². The van der Waals surface area contributed by atoms with Gasteiger partial charge in [0.15, 0.2) is 0 Å². The van der Waals surface area contributed by atoms with Crippen molar-refractivity contribution >= 4 is 5.97 Å². The average molecular weight is 260 g/mol. The Hall–Kier alpha value is -2.36. The normalized spacial score (nSPS) is 10.2. The van der Waals surface area contributed by atoms with Gasteiger partial charge in [-0.15, -0.1) is 0 Å². The fourth-order valence-corrected chi connectivity index (χ4v) is 1.88. The van der Waals surface area contributed by atoms with E-state index in [1.807, 2.05) is 6.92 Å². The molecule has 2 rings (SSSR count). The standard InChI is InChI=1S/C15H13FO3/c1-2-19-11-8-6-10(7-9-11)12-4-3-5-13(16)14(12)15(17)18/h3-9H,2H2,1H3,(H,17,18). The molecule has 0 heterocycles. The molecule has 3 nitrogen and oxygen atoms in total. The van der Waals surface area contributed by atoms with E-state index in [0.29, 0.717) is 23.5 Å². The van der Waals surface area contributed by atoms with Crippen LogP contribution in [0, 0.1) is 5.82 Å². The van der Waals surface area contributed by atoms with Crippen molar-refractivity contribution in [2.24, 2.45) is 0 Å². The number of carboxylic acids is 1. The maximum Gasteiger partial charge on any atom is 0.339 e. The fourth-order valence-electron chi connectivity index (χ4n) is 1.88. The van der Waals surface area contributed by atoms with Gasteiger partial charge < -0.3 is 9.84 Å². The lowest BCUT2D eigenvalue weighted by Crippen LogP contribution is -2.03. The molecule has 0 saturated carbocycles. The van der Waals surface area contributed by atoms with Gasteiger partial charge >= 0.3 is 5.97 Å². The number of ether oxygens (including phenoxy) is 1. The van der Waals surface area contributed by atoms with Gasteiger partial charge in [0.2, 0.25) is 0 Å². The number of rotatable bonds is 4. The number of aromatic carboxylic acids is 1. The summed E-state index contributed by atoms with van der Waals surface area (Å²) in [6, 6.07) is 11.1. The van der Waals surface area contributed by atoms with Crippen molar-refractivity contribution in [3.63, 3.8) is 0 Å². The van der Waals surface area contributed by atoms with Crippen LogP contribution in [0.4, 0.5) is 4.39 Å². The molecule has 0 unspecified atom stereocenters. The first-order chi connectivity index (χ1) is 9.13. The third-order valence-corrected chi connectivity index (χ3v) is 2.70. The van der Waals surface area contributed by atoms with Crippen molar-refractivity contribution in [1.82, 2.24) is 0 Å². The first kappa shape index (κ1) is 13.1. The van der Waals surface area contributed by atoms with Crippen LogP contribution in [0.2, 0.25) is 0 Å². The molecule has 4 heteroatoms. The van der Waals surface area contributed by atoms with Crippen molar-refractivity contribution in [3.05, 3.63) is 53.8 Å².